The van der Waals surface area contributed by atoms with Gasteiger partial charge in [-0.05, 0) is 19.4 Å². The van der Waals surface area contributed by atoms with E-state index in [-0.39, 0.29) is 17.0 Å². The Labute approximate surface area is 134 Å². The maximum atomic E-state index is 12.8. The van der Waals surface area contributed by atoms with Crippen LogP contribution in [-0.2, 0) is 7.05 Å². The van der Waals surface area contributed by atoms with Gasteiger partial charge in [-0.2, -0.15) is 5.26 Å². The lowest BCUT2D eigenvalue weighted by atomic mass is 9.84. The fourth-order valence-corrected chi connectivity index (χ4v) is 2.83. The minimum Gasteiger partial charge on any atom is -0.440 e. The summed E-state index contributed by atoms with van der Waals surface area (Å²) in [5, 5.41) is 9.51. The zero-order chi connectivity index (χ0) is 16.7. The molecule has 0 bridgehead atoms. The number of rotatable bonds is 1. The first kappa shape index (κ1) is 14.9. The Balaban J connectivity index is 2.33. The van der Waals surface area contributed by atoms with Gasteiger partial charge in [0.25, 0.3) is 5.56 Å². The van der Waals surface area contributed by atoms with Crippen LogP contribution < -0.4 is 16.0 Å². The van der Waals surface area contributed by atoms with E-state index in [1.165, 1.54) is 0 Å². The van der Waals surface area contributed by atoms with Crippen molar-refractivity contribution in [1.82, 2.24) is 4.57 Å². The third-order valence-electron chi connectivity index (χ3n) is 4.26. The van der Waals surface area contributed by atoms with Crippen molar-refractivity contribution in [2.45, 2.75) is 19.8 Å². The van der Waals surface area contributed by atoms with Gasteiger partial charge in [0.2, 0.25) is 5.88 Å². The topological polar surface area (TPSA) is 81.0 Å². The molecule has 0 amide bonds. The molecule has 0 spiro atoms. The highest BCUT2D eigenvalue weighted by molar-refractivity contribution is 5.55. The molecule has 1 aromatic carbocycles. The van der Waals surface area contributed by atoms with Gasteiger partial charge in [0, 0.05) is 18.8 Å². The van der Waals surface area contributed by atoms with Crippen LogP contribution in [0, 0.1) is 25.2 Å². The zero-order valence-electron chi connectivity index (χ0n) is 13.3. The van der Waals surface area contributed by atoms with Crippen molar-refractivity contribution in [2.75, 3.05) is 0 Å². The molecule has 2 aromatic rings. The van der Waals surface area contributed by atoms with E-state index in [0.717, 1.165) is 16.8 Å². The van der Waals surface area contributed by atoms with Crippen LogP contribution in [-0.4, -0.2) is 4.57 Å². The molecular formula is C18H17N3O2. The smallest absolute Gasteiger partial charge is 0.258 e. The lowest BCUT2D eigenvalue weighted by Gasteiger charge is -2.26. The monoisotopic (exact) mass is 307 g/mol. The highest BCUT2D eigenvalue weighted by Gasteiger charge is 2.33. The second-order valence-electron chi connectivity index (χ2n) is 5.76. The molecule has 0 saturated heterocycles. The number of nitrogens with two attached hydrogens (primary N) is 1. The third kappa shape index (κ3) is 2.29. The van der Waals surface area contributed by atoms with Crippen LogP contribution in [0.25, 0.3) is 0 Å². The van der Waals surface area contributed by atoms with Crippen LogP contribution in [0.4, 0.5) is 0 Å². The van der Waals surface area contributed by atoms with Gasteiger partial charge in [-0.15, -0.1) is 0 Å². The van der Waals surface area contributed by atoms with Crippen LogP contribution in [0.15, 0.2) is 46.6 Å². The first-order chi connectivity index (χ1) is 10.9. The first-order valence-electron chi connectivity index (χ1n) is 7.28. The summed E-state index contributed by atoms with van der Waals surface area (Å²) in [5.41, 5.74) is 9.19. The molecule has 2 heterocycles. The minimum atomic E-state index is -0.511. The van der Waals surface area contributed by atoms with E-state index >= 15 is 0 Å². The molecule has 23 heavy (non-hydrogen) atoms. The summed E-state index contributed by atoms with van der Waals surface area (Å²) in [5.74, 6) is -0.0328. The molecule has 1 aliphatic rings. The summed E-state index contributed by atoms with van der Waals surface area (Å²) in [7, 11) is 1.71. The fraction of sp³-hybridized carbons (Fsp3) is 0.222. The maximum Gasteiger partial charge on any atom is 0.258 e. The summed E-state index contributed by atoms with van der Waals surface area (Å²) in [6, 6.07) is 11.6. The number of hydrogen-bond donors (Lipinski definition) is 1. The van der Waals surface area contributed by atoms with Gasteiger partial charge in [-0.3, -0.25) is 4.79 Å². The molecule has 0 aliphatic carbocycles. The predicted molar refractivity (Wildman–Crippen MR) is 86.9 cm³/mol. The Bertz CT molecular complexity index is 915. The molecule has 0 unspecified atom stereocenters. The number of benzene rings is 1. The van der Waals surface area contributed by atoms with E-state index in [1.807, 2.05) is 38.1 Å². The van der Waals surface area contributed by atoms with E-state index in [2.05, 4.69) is 6.07 Å². The van der Waals surface area contributed by atoms with Crippen LogP contribution in [0.5, 0.6) is 5.75 Å². The van der Waals surface area contributed by atoms with Gasteiger partial charge in [-0.25, -0.2) is 0 Å². The molecule has 1 atom stereocenters. The Morgan fingerprint density at radius 2 is 1.91 bits per heavy atom. The van der Waals surface area contributed by atoms with Gasteiger partial charge in [0.05, 0.1) is 11.5 Å². The lowest BCUT2D eigenvalue weighted by Crippen LogP contribution is -2.31. The van der Waals surface area contributed by atoms with Gasteiger partial charge >= 0.3 is 0 Å². The summed E-state index contributed by atoms with van der Waals surface area (Å²) < 4.78 is 7.10. The minimum absolute atomic E-state index is 0.0539. The molecule has 0 saturated carbocycles. The number of aryl methyl sites for hydroxylation is 2. The van der Waals surface area contributed by atoms with Gasteiger partial charge in [0.15, 0.2) is 0 Å². The molecule has 0 radical (unpaired) electrons. The highest BCUT2D eigenvalue weighted by atomic mass is 16.5. The number of fused-ring (bicyclic) bond motifs is 1. The summed E-state index contributed by atoms with van der Waals surface area (Å²) >= 11 is 0. The van der Waals surface area contributed by atoms with Crippen molar-refractivity contribution in [3.8, 4) is 11.8 Å². The maximum absolute atomic E-state index is 12.8. The summed E-state index contributed by atoms with van der Waals surface area (Å²) in [6.45, 7) is 3.81. The van der Waals surface area contributed by atoms with Gasteiger partial charge in [-0.1, -0.05) is 29.8 Å². The molecule has 3 rings (SSSR count). The normalized spacial score (nSPS) is 16.5. The van der Waals surface area contributed by atoms with E-state index in [0.29, 0.717) is 11.3 Å². The lowest BCUT2D eigenvalue weighted by molar-refractivity contribution is 0.389. The second-order valence-corrected chi connectivity index (χ2v) is 5.76. The van der Waals surface area contributed by atoms with Gasteiger partial charge in [0.1, 0.15) is 17.4 Å². The average Bonchev–Trinajstić information content (AvgIpc) is 2.52. The van der Waals surface area contributed by atoms with Crippen molar-refractivity contribution >= 4 is 0 Å². The standard InChI is InChI=1S/C18H17N3O2/c1-10-4-6-12(7-5-10)15-13(9-19)17(20)23-14-8-11(2)21(3)18(22)16(14)15/h4-8,15H,20H2,1-3H3/t15-/m0/s1. The van der Waals surface area contributed by atoms with Crippen LogP contribution in [0.2, 0.25) is 0 Å². The number of ether oxygens (including phenoxy) is 1. The number of allylic oxidation sites excluding steroid dienone is 1. The van der Waals surface area contributed by atoms with Crippen molar-refractivity contribution in [2.24, 2.45) is 12.8 Å². The summed E-state index contributed by atoms with van der Waals surface area (Å²) in [6.07, 6.45) is 0. The molecular weight excluding hydrogens is 290 g/mol. The average molecular weight is 307 g/mol. The molecule has 2 N–H and O–H groups in total. The quantitative estimate of drug-likeness (QED) is 0.876. The molecule has 5 nitrogen and oxygen atoms in total. The molecule has 1 aliphatic heterocycles. The van der Waals surface area contributed by atoms with Crippen LogP contribution >= 0.6 is 0 Å². The predicted octanol–water partition coefficient (Wildman–Crippen LogP) is 2.22. The molecule has 116 valence electrons. The van der Waals surface area contributed by atoms with Crippen molar-refractivity contribution in [3.63, 3.8) is 0 Å². The van der Waals surface area contributed by atoms with Crippen LogP contribution in [0.3, 0.4) is 0 Å². The Morgan fingerprint density at radius 1 is 1.26 bits per heavy atom. The summed E-state index contributed by atoms with van der Waals surface area (Å²) in [4.78, 5) is 12.8. The number of aromatic nitrogens is 1. The van der Waals surface area contributed by atoms with Gasteiger partial charge < -0.3 is 15.0 Å². The van der Waals surface area contributed by atoms with Crippen molar-refractivity contribution < 1.29 is 4.74 Å². The van der Waals surface area contributed by atoms with E-state index in [9.17, 15) is 10.1 Å². The van der Waals surface area contributed by atoms with E-state index in [4.69, 9.17) is 10.5 Å². The number of hydrogen-bond acceptors (Lipinski definition) is 4. The number of pyridine rings is 1. The second kappa shape index (κ2) is 5.33. The Kier molecular flexibility index (Phi) is 3.45. The fourth-order valence-electron chi connectivity index (χ4n) is 2.83. The van der Waals surface area contributed by atoms with Crippen molar-refractivity contribution in [1.29, 1.82) is 5.26 Å². The largest absolute Gasteiger partial charge is 0.440 e. The number of nitriles is 1. The third-order valence-corrected chi connectivity index (χ3v) is 4.26. The zero-order valence-corrected chi connectivity index (χ0v) is 13.3. The highest BCUT2D eigenvalue weighted by Crippen LogP contribution is 2.40. The van der Waals surface area contributed by atoms with E-state index in [1.54, 1.807) is 17.7 Å². The first-order valence-corrected chi connectivity index (χ1v) is 7.28. The van der Waals surface area contributed by atoms with Crippen LogP contribution in [0.1, 0.15) is 28.3 Å². The SMILES string of the molecule is Cc1ccc([C@H]2C(C#N)=C(N)Oc3cc(C)n(C)c(=O)c32)cc1. The molecule has 5 heteroatoms. The molecule has 0 fully saturated rings. The number of nitrogens with zero attached hydrogens (tertiary/aromatic N) is 2. The molecule has 1 aromatic heterocycles. The Hall–Kier alpha value is -3.00. The van der Waals surface area contributed by atoms with E-state index < -0.39 is 5.92 Å². The Morgan fingerprint density at radius 3 is 2.52 bits per heavy atom. The van der Waals surface area contributed by atoms with Crippen molar-refractivity contribution in [3.05, 3.63) is 74.5 Å².